The third kappa shape index (κ3) is 4.29. The lowest BCUT2D eigenvalue weighted by Gasteiger charge is -2.42. The maximum atomic E-state index is 12.8. The van der Waals surface area contributed by atoms with Crippen molar-refractivity contribution in [1.29, 1.82) is 0 Å². The van der Waals surface area contributed by atoms with Crippen molar-refractivity contribution < 1.29 is 9.90 Å². The third-order valence-electron chi connectivity index (χ3n) is 6.44. The first-order chi connectivity index (χ1) is 12.6. The predicted molar refractivity (Wildman–Crippen MR) is 103 cm³/mol. The van der Waals surface area contributed by atoms with Crippen LogP contribution in [0.5, 0.6) is 0 Å². The Labute approximate surface area is 157 Å². The minimum atomic E-state index is -1.15. The molecule has 3 aliphatic rings. The Bertz CT molecular complexity index is 608. The molecule has 1 amide bonds. The number of rotatable bonds is 6. The summed E-state index contributed by atoms with van der Waals surface area (Å²) in [4.78, 5) is 17.1. The standard InChI is InChI=1S/C22H32N2O2/c25-21-22(26,11-4-12-24(21)16-20-7-8-20)17-23-13-9-19(10-14-23)15-18-5-2-1-3-6-18/h1-3,5-6,19-20,26H,4,7-17H2/t22-/m0/s1. The first-order valence-corrected chi connectivity index (χ1v) is 10.4. The van der Waals surface area contributed by atoms with E-state index in [1.165, 1.54) is 18.4 Å². The lowest BCUT2D eigenvalue weighted by Crippen LogP contribution is -2.59. The van der Waals surface area contributed by atoms with Gasteiger partial charge in [-0.15, -0.1) is 0 Å². The predicted octanol–water partition coefficient (Wildman–Crippen LogP) is 2.70. The van der Waals surface area contributed by atoms with Gasteiger partial charge in [-0.05, 0) is 75.4 Å². The Morgan fingerprint density at radius 1 is 1.00 bits per heavy atom. The smallest absolute Gasteiger partial charge is 0.255 e. The minimum Gasteiger partial charge on any atom is -0.379 e. The lowest BCUT2D eigenvalue weighted by molar-refractivity contribution is -0.160. The fourth-order valence-corrected chi connectivity index (χ4v) is 4.66. The van der Waals surface area contributed by atoms with Gasteiger partial charge in [0.05, 0.1) is 0 Å². The summed E-state index contributed by atoms with van der Waals surface area (Å²) in [5, 5.41) is 11.1. The van der Waals surface area contributed by atoms with E-state index in [9.17, 15) is 9.90 Å². The van der Waals surface area contributed by atoms with Gasteiger partial charge < -0.3 is 10.0 Å². The van der Waals surface area contributed by atoms with Crippen molar-refractivity contribution >= 4 is 5.91 Å². The van der Waals surface area contributed by atoms with E-state index in [1.54, 1.807) is 0 Å². The quantitative estimate of drug-likeness (QED) is 0.852. The number of carbonyl (C=O) groups is 1. The normalized spacial score (nSPS) is 28.5. The van der Waals surface area contributed by atoms with Crippen molar-refractivity contribution in [3.63, 3.8) is 0 Å². The van der Waals surface area contributed by atoms with Crippen molar-refractivity contribution in [3.05, 3.63) is 35.9 Å². The molecule has 1 aromatic carbocycles. The molecule has 1 aromatic rings. The average molecular weight is 357 g/mol. The topological polar surface area (TPSA) is 43.8 Å². The van der Waals surface area contributed by atoms with E-state index >= 15 is 0 Å². The summed E-state index contributed by atoms with van der Waals surface area (Å²) in [6.45, 7) is 4.20. The van der Waals surface area contributed by atoms with Crippen LogP contribution < -0.4 is 0 Å². The highest BCUT2D eigenvalue weighted by Gasteiger charge is 2.44. The molecule has 4 heteroatoms. The summed E-state index contributed by atoms with van der Waals surface area (Å²) in [5.74, 6) is 1.40. The Morgan fingerprint density at radius 3 is 2.42 bits per heavy atom. The zero-order valence-electron chi connectivity index (χ0n) is 15.8. The van der Waals surface area contributed by atoms with Crippen LogP contribution in [-0.2, 0) is 11.2 Å². The van der Waals surface area contributed by atoms with Crippen LogP contribution in [0.1, 0.15) is 44.1 Å². The number of nitrogens with zero attached hydrogens (tertiary/aromatic N) is 2. The van der Waals surface area contributed by atoms with E-state index in [0.29, 0.717) is 18.9 Å². The first-order valence-electron chi connectivity index (χ1n) is 10.4. The number of likely N-dealkylation sites (tertiary alicyclic amines) is 2. The second-order valence-corrected chi connectivity index (χ2v) is 8.74. The van der Waals surface area contributed by atoms with Crippen molar-refractivity contribution in [2.24, 2.45) is 11.8 Å². The number of benzene rings is 1. The van der Waals surface area contributed by atoms with E-state index in [4.69, 9.17) is 0 Å². The maximum Gasteiger partial charge on any atom is 0.255 e. The highest BCUT2D eigenvalue weighted by Crippen LogP contribution is 2.33. The molecule has 1 atom stereocenters. The molecule has 1 saturated carbocycles. The molecule has 0 spiro atoms. The Kier molecular flexibility index (Phi) is 5.32. The summed E-state index contributed by atoms with van der Waals surface area (Å²) >= 11 is 0. The van der Waals surface area contributed by atoms with Gasteiger partial charge in [-0.2, -0.15) is 0 Å². The van der Waals surface area contributed by atoms with Gasteiger partial charge in [0, 0.05) is 19.6 Å². The van der Waals surface area contributed by atoms with Crippen molar-refractivity contribution in [2.45, 2.75) is 50.5 Å². The van der Waals surface area contributed by atoms with Gasteiger partial charge in [0.2, 0.25) is 0 Å². The van der Waals surface area contributed by atoms with Crippen molar-refractivity contribution in [3.8, 4) is 0 Å². The lowest BCUT2D eigenvalue weighted by atomic mass is 9.87. The van der Waals surface area contributed by atoms with E-state index < -0.39 is 5.60 Å². The second kappa shape index (κ2) is 7.69. The molecule has 142 valence electrons. The fraction of sp³-hybridized carbons (Fsp3) is 0.682. The number of piperidine rings is 2. The Balaban J connectivity index is 1.28. The van der Waals surface area contributed by atoms with Gasteiger partial charge in [-0.3, -0.25) is 9.69 Å². The highest BCUT2D eigenvalue weighted by atomic mass is 16.3. The van der Waals surface area contributed by atoms with Crippen LogP contribution in [0, 0.1) is 11.8 Å². The minimum absolute atomic E-state index is 0.0120. The molecule has 1 aliphatic carbocycles. The monoisotopic (exact) mass is 356 g/mol. The van der Waals surface area contributed by atoms with Gasteiger partial charge in [0.25, 0.3) is 5.91 Å². The van der Waals surface area contributed by atoms with Crippen LogP contribution in [-0.4, -0.2) is 59.1 Å². The molecule has 1 N–H and O–H groups in total. The van der Waals surface area contributed by atoms with Gasteiger partial charge in [-0.25, -0.2) is 0 Å². The maximum absolute atomic E-state index is 12.8. The van der Waals surface area contributed by atoms with E-state index in [-0.39, 0.29) is 5.91 Å². The molecule has 2 heterocycles. The average Bonchev–Trinajstić information content (AvgIpc) is 3.46. The molecule has 2 saturated heterocycles. The number of hydrogen-bond donors (Lipinski definition) is 1. The second-order valence-electron chi connectivity index (χ2n) is 8.74. The van der Waals surface area contributed by atoms with Gasteiger partial charge in [0.15, 0.2) is 5.60 Å². The summed E-state index contributed by atoms with van der Waals surface area (Å²) in [6, 6.07) is 10.7. The van der Waals surface area contributed by atoms with Crippen molar-refractivity contribution in [1.82, 2.24) is 9.80 Å². The summed E-state index contributed by atoms with van der Waals surface area (Å²) in [6.07, 6.45) is 7.51. The van der Waals surface area contributed by atoms with E-state index in [1.807, 2.05) is 4.90 Å². The molecule has 0 aromatic heterocycles. The summed E-state index contributed by atoms with van der Waals surface area (Å²) < 4.78 is 0. The van der Waals surface area contributed by atoms with Crippen LogP contribution >= 0.6 is 0 Å². The molecule has 0 unspecified atom stereocenters. The van der Waals surface area contributed by atoms with Crippen LogP contribution in [0.4, 0.5) is 0 Å². The van der Waals surface area contributed by atoms with E-state index in [2.05, 4.69) is 35.2 Å². The van der Waals surface area contributed by atoms with Crippen LogP contribution in [0.2, 0.25) is 0 Å². The zero-order chi connectivity index (χ0) is 18.0. The Hall–Kier alpha value is -1.39. The zero-order valence-corrected chi connectivity index (χ0v) is 15.8. The Morgan fingerprint density at radius 2 is 1.73 bits per heavy atom. The number of aliphatic hydroxyl groups is 1. The molecule has 4 nitrogen and oxygen atoms in total. The van der Waals surface area contributed by atoms with Crippen molar-refractivity contribution in [2.75, 3.05) is 32.7 Å². The van der Waals surface area contributed by atoms with E-state index in [0.717, 1.165) is 57.8 Å². The van der Waals surface area contributed by atoms with Crippen LogP contribution in [0.15, 0.2) is 30.3 Å². The first kappa shape index (κ1) is 18.0. The summed E-state index contributed by atoms with van der Waals surface area (Å²) in [5.41, 5.74) is 0.266. The molecular formula is C22H32N2O2. The molecule has 4 rings (SSSR count). The number of β-amino-alcohol motifs (C(OH)–C–C–N with tert-alkyl or cyclic N) is 1. The van der Waals surface area contributed by atoms with Gasteiger partial charge >= 0.3 is 0 Å². The van der Waals surface area contributed by atoms with Crippen LogP contribution in [0.3, 0.4) is 0 Å². The molecule has 2 aliphatic heterocycles. The molecule has 26 heavy (non-hydrogen) atoms. The highest BCUT2D eigenvalue weighted by molar-refractivity contribution is 5.86. The molecule has 0 bridgehead atoms. The third-order valence-corrected chi connectivity index (χ3v) is 6.44. The van der Waals surface area contributed by atoms with Crippen LogP contribution in [0.25, 0.3) is 0 Å². The van der Waals surface area contributed by atoms with Gasteiger partial charge in [0.1, 0.15) is 0 Å². The fourth-order valence-electron chi connectivity index (χ4n) is 4.66. The molecular weight excluding hydrogens is 324 g/mol. The molecule has 0 radical (unpaired) electrons. The molecule has 3 fully saturated rings. The summed E-state index contributed by atoms with van der Waals surface area (Å²) in [7, 11) is 0. The number of carbonyl (C=O) groups excluding carboxylic acids is 1. The van der Waals surface area contributed by atoms with Gasteiger partial charge in [-0.1, -0.05) is 30.3 Å². The largest absolute Gasteiger partial charge is 0.379 e. The number of amides is 1. The SMILES string of the molecule is O=C1N(CC2CC2)CCC[C@]1(O)CN1CCC(Cc2ccccc2)CC1. The number of hydrogen-bond acceptors (Lipinski definition) is 3.